The molecule has 1 aliphatic rings. The zero-order chi connectivity index (χ0) is 13.9. The molecule has 3 rings (SSSR count). The highest BCUT2D eigenvalue weighted by Crippen LogP contribution is 2.33. The summed E-state index contributed by atoms with van der Waals surface area (Å²) in [4.78, 5) is 0. The summed E-state index contributed by atoms with van der Waals surface area (Å²) in [6.07, 6.45) is 1.43. The second-order valence-electron chi connectivity index (χ2n) is 5.06. The van der Waals surface area contributed by atoms with Crippen LogP contribution in [-0.2, 0) is 13.0 Å². The van der Waals surface area contributed by atoms with Crippen molar-refractivity contribution in [1.82, 2.24) is 0 Å². The lowest BCUT2D eigenvalue weighted by Gasteiger charge is -2.10. The van der Waals surface area contributed by atoms with Crippen LogP contribution >= 0.6 is 0 Å². The molecule has 0 aromatic heterocycles. The van der Waals surface area contributed by atoms with Gasteiger partial charge in [-0.05, 0) is 53.8 Å². The number of rotatable bonds is 4. The number of fused-ring (bicyclic) bond motifs is 1. The Balaban J connectivity index is 1.69. The fourth-order valence-corrected chi connectivity index (χ4v) is 2.59. The van der Waals surface area contributed by atoms with Gasteiger partial charge in [-0.25, -0.2) is 0 Å². The van der Waals surface area contributed by atoms with Crippen molar-refractivity contribution in [1.29, 1.82) is 0 Å². The molecule has 0 amide bonds. The van der Waals surface area contributed by atoms with Gasteiger partial charge in [0.15, 0.2) is 0 Å². The summed E-state index contributed by atoms with van der Waals surface area (Å²) in [5.41, 5.74) is 3.31. The van der Waals surface area contributed by atoms with E-state index in [9.17, 15) is 5.11 Å². The van der Waals surface area contributed by atoms with Gasteiger partial charge in [-0.3, -0.25) is 0 Å². The van der Waals surface area contributed by atoms with Gasteiger partial charge in [0.05, 0.1) is 13.2 Å². The largest absolute Gasteiger partial charge is 0.497 e. The average Bonchev–Trinajstić information content (AvgIpc) is 2.86. The molecule has 0 unspecified atom stereocenters. The van der Waals surface area contributed by atoms with Crippen molar-refractivity contribution in [2.24, 2.45) is 0 Å². The maximum absolute atomic E-state index is 9.78. The van der Waals surface area contributed by atoms with Crippen molar-refractivity contribution in [3.63, 3.8) is 0 Å². The third-order valence-electron chi connectivity index (χ3n) is 3.70. The Bertz CT molecular complexity index is 607. The fourth-order valence-electron chi connectivity index (χ4n) is 2.59. The molecule has 0 fully saturated rings. The topological polar surface area (TPSA) is 38.7 Å². The van der Waals surface area contributed by atoms with E-state index in [0.29, 0.717) is 6.61 Å². The Labute approximate surface area is 118 Å². The minimum Gasteiger partial charge on any atom is -0.497 e. The van der Waals surface area contributed by atoms with Crippen LogP contribution in [0, 0.1) is 0 Å². The first-order chi connectivity index (χ1) is 9.76. The Morgan fingerprint density at radius 3 is 2.90 bits per heavy atom. The number of aryl methyl sites for hydroxylation is 1. The van der Waals surface area contributed by atoms with Gasteiger partial charge < -0.3 is 14.6 Å². The van der Waals surface area contributed by atoms with Crippen molar-refractivity contribution in [3.8, 4) is 11.5 Å². The zero-order valence-corrected chi connectivity index (χ0v) is 11.5. The quantitative estimate of drug-likeness (QED) is 0.926. The molecular formula is C17H18O3. The van der Waals surface area contributed by atoms with E-state index in [0.717, 1.165) is 35.5 Å². The summed E-state index contributed by atoms with van der Waals surface area (Å²) in [5.74, 6) is 1.68. The number of aliphatic hydroxyl groups excluding tert-OH is 1. The molecule has 1 N–H and O–H groups in total. The minimum absolute atomic E-state index is 0.308. The van der Waals surface area contributed by atoms with Gasteiger partial charge in [0.1, 0.15) is 18.1 Å². The molecule has 0 bridgehead atoms. The van der Waals surface area contributed by atoms with Crippen molar-refractivity contribution >= 4 is 0 Å². The van der Waals surface area contributed by atoms with Crippen molar-refractivity contribution < 1.29 is 14.6 Å². The Morgan fingerprint density at radius 1 is 1.15 bits per heavy atom. The van der Waals surface area contributed by atoms with Crippen LogP contribution in [0.5, 0.6) is 11.5 Å². The SMILES string of the molecule is COc1cccc(COc2ccc3c(c2)CC[C@@H]3O)c1. The molecule has 0 radical (unpaired) electrons. The van der Waals surface area contributed by atoms with E-state index in [4.69, 9.17) is 9.47 Å². The average molecular weight is 270 g/mol. The van der Waals surface area contributed by atoms with E-state index in [2.05, 4.69) is 0 Å². The van der Waals surface area contributed by atoms with Crippen LogP contribution in [-0.4, -0.2) is 12.2 Å². The van der Waals surface area contributed by atoms with Crippen LogP contribution in [0.3, 0.4) is 0 Å². The number of methoxy groups -OCH3 is 1. The third-order valence-corrected chi connectivity index (χ3v) is 3.70. The van der Waals surface area contributed by atoms with Gasteiger partial charge in [-0.15, -0.1) is 0 Å². The number of ether oxygens (including phenoxy) is 2. The molecule has 0 saturated heterocycles. The monoisotopic (exact) mass is 270 g/mol. The van der Waals surface area contributed by atoms with Crippen LogP contribution in [0.4, 0.5) is 0 Å². The van der Waals surface area contributed by atoms with Gasteiger partial charge in [-0.1, -0.05) is 18.2 Å². The number of benzene rings is 2. The maximum Gasteiger partial charge on any atom is 0.120 e. The first-order valence-electron chi connectivity index (χ1n) is 6.83. The first-order valence-corrected chi connectivity index (χ1v) is 6.83. The lowest BCUT2D eigenvalue weighted by Crippen LogP contribution is -1.97. The van der Waals surface area contributed by atoms with Gasteiger partial charge in [0.25, 0.3) is 0 Å². The van der Waals surface area contributed by atoms with Crippen LogP contribution in [0.1, 0.15) is 29.2 Å². The van der Waals surface area contributed by atoms with Gasteiger partial charge in [-0.2, -0.15) is 0 Å². The minimum atomic E-state index is -0.308. The van der Waals surface area contributed by atoms with E-state index in [1.54, 1.807) is 7.11 Å². The molecule has 20 heavy (non-hydrogen) atoms. The first kappa shape index (κ1) is 13.0. The highest BCUT2D eigenvalue weighted by Gasteiger charge is 2.20. The van der Waals surface area contributed by atoms with Crippen LogP contribution in [0.15, 0.2) is 42.5 Å². The third kappa shape index (κ3) is 2.63. The number of hydrogen-bond donors (Lipinski definition) is 1. The molecule has 1 aliphatic carbocycles. The van der Waals surface area contributed by atoms with Crippen LogP contribution in [0.25, 0.3) is 0 Å². The van der Waals surface area contributed by atoms with E-state index in [-0.39, 0.29) is 6.10 Å². The lowest BCUT2D eigenvalue weighted by atomic mass is 10.1. The molecule has 3 nitrogen and oxygen atoms in total. The summed E-state index contributed by atoms with van der Waals surface area (Å²) in [7, 11) is 1.66. The van der Waals surface area contributed by atoms with Gasteiger partial charge >= 0.3 is 0 Å². The van der Waals surface area contributed by atoms with Crippen LogP contribution in [0.2, 0.25) is 0 Å². The summed E-state index contributed by atoms with van der Waals surface area (Å²) >= 11 is 0. The summed E-state index contributed by atoms with van der Waals surface area (Å²) in [6.45, 7) is 0.512. The second kappa shape index (κ2) is 5.55. The Hall–Kier alpha value is -2.00. The summed E-state index contributed by atoms with van der Waals surface area (Å²) in [5, 5.41) is 9.78. The van der Waals surface area contributed by atoms with E-state index >= 15 is 0 Å². The second-order valence-corrected chi connectivity index (χ2v) is 5.06. The van der Waals surface area contributed by atoms with Crippen molar-refractivity contribution in [3.05, 3.63) is 59.2 Å². The van der Waals surface area contributed by atoms with Crippen molar-refractivity contribution in [2.75, 3.05) is 7.11 Å². The molecule has 3 heteroatoms. The van der Waals surface area contributed by atoms with Crippen molar-refractivity contribution in [2.45, 2.75) is 25.6 Å². The van der Waals surface area contributed by atoms with E-state index < -0.39 is 0 Å². The molecule has 0 spiro atoms. The highest BCUT2D eigenvalue weighted by molar-refractivity contribution is 5.40. The number of aliphatic hydroxyl groups is 1. The van der Waals surface area contributed by atoms with Gasteiger partial charge in [0, 0.05) is 0 Å². The number of hydrogen-bond acceptors (Lipinski definition) is 3. The summed E-state index contributed by atoms with van der Waals surface area (Å²) < 4.78 is 11.0. The molecular weight excluding hydrogens is 252 g/mol. The Kier molecular flexibility index (Phi) is 3.61. The fraction of sp³-hybridized carbons (Fsp3) is 0.294. The molecule has 1 atom stereocenters. The standard InChI is InChI=1S/C17H18O3/c1-19-14-4-2-3-12(9-14)11-20-15-6-7-16-13(10-15)5-8-17(16)18/h2-4,6-7,9-10,17-18H,5,8,11H2,1H3/t17-/m0/s1. The van der Waals surface area contributed by atoms with Gasteiger partial charge in [0.2, 0.25) is 0 Å². The molecule has 2 aromatic rings. The molecule has 104 valence electrons. The van der Waals surface area contributed by atoms with E-state index in [1.165, 1.54) is 5.56 Å². The molecule has 0 aliphatic heterocycles. The lowest BCUT2D eigenvalue weighted by molar-refractivity contribution is 0.180. The maximum atomic E-state index is 9.78. The molecule has 0 saturated carbocycles. The summed E-state index contributed by atoms with van der Waals surface area (Å²) in [6, 6.07) is 13.8. The van der Waals surface area contributed by atoms with Crippen LogP contribution < -0.4 is 9.47 Å². The smallest absolute Gasteiger partial charge is 0.120 e. The normalized spacial score (nSPS) is 16.8. The highest BCUT2D eigenvalue weighted by atomic mass is 16.5. The Morgan fingerprint density at radius 2 is 2.05 bits per heavy atom. The predicted octanol–water partition coefficient (Wildman–Crippen LogP) is 3.25. The predicted molar refractivity (Wildman–Crippen MR) is 77.0 cm³/mol. The molecule has 0 heterocycles. The molecule has 2 aromatic carbocycles. The van der Waals surface area contributed by atoms with E-state index in [1.807, 2.05) is 42.5 Å². The zero-order valence-electron chi connectivity index (χ0n) is 11.5.